The minimum absolute atomic E-state index is 0.413. The molecule has 0 amide bonds. The molecular weight excluding hydrogens is 166 g/mol. The smallest absolute Gasteiger partial charge is 0.352 e. The Morgan fingerprint density at radius 1 is 1.62 bits per heavy atom. The van der Waals surface area contributed by atoms with Crippen molar-refractivity contribution in [1.29, 1.82) is 0 Å². The van der Waals surface area contributed by atoms with E-state index in [2.05, 4.69) is 6.92 Å². The van der Waals surface area contributed by atoms with Crippen LogP contribution in [0.25, 0.3) is 0 Å². The van der Waals surface area contributed by atoms with E-state index in [1.54, 1.807) is 12.1 Å². The molecule has 0 unspecified atom stereocenters. The fraction of sp³-hybridized carbons (Fsp3) is 0.500. The zero-order valence-corrected chi connectivity index (χ0v) is 7.60. The van der Waals surface area contributed by atoms with Crippen LogP contribution < -0.4 is 0 Å². The maximum absolute atomic E-state index is 10.8. The second kappa shape index (κ2) is 2.91. The first kappa shape index (κ1) is 8.35. The second-order valence-electron chi connectivity index (χ2n) is 3.84. The van der Waals surface area contributed by atoms with Crippen LogP contribution in [0.3, 0.4) is 0 Å². The molecule has 1 aromatic heterocycles. The Morgan fingerprint density at radius 3 is 2.85 bits per heavy atom. The van der Waals surface area contributed by atoms with Crippen molar-refractivity contribution >= 4 is 5.97 Å². The van der Waals surface area contributed by atoms with E-state index >= 15 is 0 Å². The van der Waals surface area contributed by atoms with Gasteiger partial charge in [0.2, 0.25) is 0 Å². The first-order chi connectivity index (χ1) is 6.18. The van der Waals surface area contributed by atoms with Gasteiger partial charge in [0, 0.05) is 12.2 Å². The summed E-state index contributed by atoms with van der Waals surface area (Å²) in [6.45, 7) is 2.19. The summed E-state index contributed by atoms with van der Waals surface area (Å²) in [5.74, 6) is -0.0846. The van der Waals surface area contributed by atoms with Crippen molar-refractivity contribution in [3.63, 3.8) is 0 Å². The van der Waals surface area contributed by atoms with Crippen molar-refractivity contribution in [1.82, 2.24) is 4.57 Å². The summed E-state index contributed by atoms with van der Waals surface area (Å²) < 4.78 is 1.88. The summed E-state index contributed by atoms with van der Waals surface area (Å²) >= 11 is 0. The van der Waals surface area contributed by atoms with Crippen molar-refractivity contribution in [2.45, 2.75) is 25.8 Å². The number of carboxylic acid groups (broad SMARTS) is 1. The number of carbonyl (C=O) groups is 1. The van der Waals surface area contributed by atoms with Crippen LogP contribution in [0.1, 0.15) is 36.3 Å². The number of carboxylic acids is 1. The lowest BCUT2D eigenvalue weighted by atomic mass is 9.81. The van der Waals surface area contributed by atoms with E-state index in [-0.39, 0.29) is 0 Å². The topological polar surface area (TPSA) is 42.2 Å². The molecule has 1 heterocycles. The lowest BCUT2D eigenvalue weighted by molar-refractivity contribution is 0.0674. The summed E-state index contributed by atoms with van der Waals surface area (Å²) in [7, 11) is 0. The molecule has 1 aliphatic carbocycles. The highest BCUT2D eigenvalue weighted by Gasteiger charge is 2.28. The van der Waals surface area contributed by atoms with E-state index in [0.29, 0.717) is 11.7 Å². The molecule has 0 aliphatic heterocycles. The maximum atomic E-state index is 10.8. The summed E-state index contributed by atoms with van der Waals surface area (Å²) in [4.78, 5) is 10.8. The molecule has 3 heteroatoms. The van der Waals surface area contributed by atoms with Crippen LogP contribution in [0, 0.1) is 5.92 Å². The Bertz CT molecular complexity index is 323. The summed E-state index contributed by atoms with van der Waals surface area (Å²) in [6.07, 6.45) is 4.07. The maximum Gasteiger partial charge on any atom is 0.352 e. The van der Waals surface area contributed by atoms with Crippen molar-refractivity contribution in [2.75, 3.05) is 0 Å². The highest BCUT2D eigenvalue weighted by Crippen LogP contribution is 2.37. The molecule has 0 saturated heterocycles. The molecule has 1 aliphatic rings. The van der Waals surface area contributed by atoms with Crippen LogP contribution in [0.2, 0.25) is 0 Å². The largest absolute Gasteiger partial charge is 0.477 e. The van der Waals surface area contributed by atoms with Gasteiger partial charge in [0.05, 0.1) is 0 Å². The van der Waals surface area contributed by atoms with E-state index in [1.165, 1.54) is 0 Å². The first-order valence-electron chi connectivity index (χ1n) is 4.58. The Balaban J connectivity index is 2.20. The van der Waals surface area contributed by atoms with Gasteiger partial charge in [-0.15, -0.1) is 0 Å². The van der Waals surface area contributed by atoms with Gasteiger partial charge in [-0.2, -0.15) is 0 Å². The van der Waals surface area contributed by atoms with E-state index in [4.69, 9.17) is 5.11 Å². The number of hydrogen-bond acceptors (Lipinski definition) is 1. The summed E-state index contributed by atoms with van der Waals surface area (Å²) in [5, 5.41) is 8.87. The van der Waals surface area contributed by atoms with Gasteiger partial charge < -0.3 is 9.67 Å². The molecule has 1 saturated carbocycles. The Kier molecular flexibility index (Phi) is 1.87. The van der Waals surface area contributed by atoms with Gasteiger partial charge in [-0.3, -0.25) is 0 Å². The van der Waals surface area contributed by atoms with Gasteiger partial charge in [0.15, 0.2) is 0 Å². The first-order valence-corrected chi connectivity index (χ1v) is 4.58. The molecule has 1 N–H and O–H groups in total. The van der Waals surface area contributed by atoms with Crippen LogP contribution in [0.15, 0.2) is 18.3 Å². The summed E-state index contributed by atoms with van der Waals surface area (Å²) in [5.41, 5.74) is 0.414. The molecule has 3 nitrogen and oxygen atoms in total. The van der Waals surface area contributed by atoms with Crippen molar-refractivity contribution < 1.29 is 9.90 Å². The molecular formula is C10H13NO2. The number of aromatic nitrogens is 1. The Morgan fingerprint density at radius 2 is 2.31 bits per heavy atom. The fourth-order valence-electron chi connectivity index (χ4n) is 1.98. The molecule has 13 heavy (non-hydrogen) atoms. The molecule has 2 rings (SSSR count). The minimum atomic E-state index is -0.829. The Labute approximate surface area is 77.0 Å². The fourth-order valence-corrected chi connectivity index (χ4v) is 1.98. The number of rotatable bonds is 2. The average molecular weight is 179 g/mol. The highest BCUT2D eigenvalue weighted by molar-refractivity contribution is 5.85. The molecule has 0 radical (unpaired) electrons. The quantitative estimate of drug-likeness (QED) is 0.755. The van der Waals surface area contributed by atoms with Crippen molar-refractivity contribution in [3.8, 4) is 0 Å². The summed E-state index contributed by atoms with van der Waals surface area (Å²) in [6, 6.07) is 3.87. The van der Waals surface area contributed by atoms with Crippen molar-refractivity contribution in [2.24, 2.45) is 5.92 Å². The average Bonchev–Trinajstić information content (AvgIpc) is 2.45. The molecule has 1 fully saturated rings. The molecule has 0 bridgehead atoms. The van der Waals surface area contributed by atoms with Crippen LogP contribution in [-0.4, -0.2) is 15.6 Å². The van der Waals surface area contributed by atoms with Gasteiger partial charge in [-0.1, -0.05) is 6.92 Å². The third-order valence-electron chi connectivity index (χ3n) is 2.74. The highest BCUT2D eigenvalue weighted by atomic mass is 16.4. The lowest BCUT2D eigenvalue weighted by Gasteiger charge is -2.34. The minimum Gasteiger partial charge on any atom is -0.477 e. The van der Waals surface area contributed by atoms with Gasteiger partial charge in [0.25, 0.3) is 0 Å². The van der Waals surface area contributed by atoms with Crippen LogP contribution in [-0.2, 0) is 0 Å². The third kappa shape index (κ3) is 1.34. The Hall–Kier alpha value is -1.25. The van der Waals surface area contributed by atoms with E-state index in [0.717, 1.165) is 18.8 Å². The molecule has 0 aromatic carbocycles. The van der Waals surface area contributed by atoms with Crippen LogP contribution >= 0.6 is 0 Å². The van der Waals surface area contributed by atoms with Crippen LogP contribution in [0.4, 0.5) is 0 Å². The molecule has 70 valence electrons. The van der Waals surface area contributed by atoms with Gasteiger partial charge >= 0.3 is 5.97 Å². The van der Waals surface area contributed by atoms with Gasteiger partial charge in [-0.25, -0.2) is 4.79 Å². The second-order valence-corrected chi connectivity index (χ2v) is 3.84. The predicted octanol–water partition coefficient (Wildman–Crippen LogP) is 2.16. The predicted molar refractivity (Wildman–Crippen MR) is 48.8 cm³/mol. The van der Waals surface area contributed by atoms with Crippen molar-refractivity contribution in [3.05, 3.63) is 24.0 Å². The zero-order chi connectivity index (χ0) is 9.42. The standard InChI is InChI=1S/C10H13NO2/c1-7-5-8(6-7)11-4-2-3-9(11)10(12)13/h2-4,7-8H,5-6H2,1H3,(H,12,13). The monoisotopic (exact) mass is 179 g/mol. The third-order valence-corrected chi connectivity index (χ3v) is 2.74. The van der Waals surface area contributed by atoms with Gasteiger partial charge in [0.1, 0.15) is 5.69 Å². The number of hydrogen-bond donors (Lipinski definition) is 1. The molecule has 0 atom stereocenters. The number of aromatic carboxylic acids is 1. The van der Waals surface area contributed by atoms with Gasteiger partial charge in [-0.05, 0) is 30.9 Å². The molecule has 1 aromatic rings. The normalized spacial score (nSPS) is 26.8. The zero-order valence-electron chi connectivity index (χ0n) is 7.60. The van der Waals surface area contributed by atoms with E-state index in [1.807, 2.05) is 10.8 Å². The lowest BCUT2D eigenvalue weighted by Crippen LogP contribution is -2.26. The number of nitrogens with zero attached hydrogens (tertiary/aromatic N) is 1. The SMILES string of the molecule is CC1CC(n2cccc2C(=O)O)C1. The van der Waals surface area contributed by atoms with Crippen LogP contribution in [0.5, 0.6) is 0 Å². The van der Waals surface area contributed by atoms with E-state index in [9.17, 15) is 4.79 Å². The van der Waals surface area contributed by atoms with E-state index < -0.39 is 5.97 Å². The molecule has 0 spiro atoms.